The summed E-state index contributed by atoms with van der Waals surface area (Å²) >= 11 is 6.09. The molecule has 0 bridgehead atoms. The van der Waals surface area contributed by atoms with Crippen LogP contribution in [0.3, 0.4) is 0 Å². The Bertz CT molecular complexity index is 1330. The number of para-hydroxylation sites is 2. The maximum Gasteiger partial charge on any atom is 0.261 e. The highest BCUT2D eigenvalue weighted by molar-refractivity contribution is 6.30. The van der Waals surface area contributed by atoms with Crippen molar-refractivity contribution in [2.45, 2.75) is 19.1 Å². The molecule has 38 heavy (non-hydrogen) atoms. The number of ether oxygens (including phenoxy) is 2. The van der Waals surface area contributed by atoms with E-state index in [1.807, 2.05) is 84.9 Å². The van der Waals surface area contributed by atoms with E-state index in [9.17, 15) is 9.59 Å². The van der Waals surface area contributed by atoms with Crippen LogP contribution in [0.15, 0.2) is 109 Å². The van der Waals surface area contributed by atoms with Gasteiger partial charge in [0, 0.05) is 23.7 Å². The van der Waals surface area contributed by atoms with Gasteiger partial charge < -0.3 is 19.7 Å². The molecule has 194 valence electrons. The summed E-state index contributed by atoms with van der Waals surface area (Å²) in [7, 11) is 1.59. The van der Waals surface area contributed by atoms with Gasteiger partial charge in [-0.05, 0) is 41.5 Å². The highest BCUT2D eigenvalue weighted by atomic mass is 35.5. The molecule has 0 radical (unpaired) electrons. The lowest BCUT2D eigenvalue weighted by Crippen LogP contribution is -2.45. The van der Waals surface area contributed by atoms with Crippen LogP contribution in [0.1, 0.15) is 22.7 Å². The van der Waals surface area contributed by atoms with E-state index < -0.39 is 6.04 Å². The molecule has 0 saturated carbocycles. The number of halogens is 1. The van der Waals surface area contributed by atoms with Crippen molar-refractivity contribution in [2.75, 3.05) is 13.7 Å². The van der Waals surface area contributed by atoms with E-state index in [4.69, 9.17) is 21.1 Å². The maximum absolute atomic E-state index is 13.8. The van der Waals surface area contributed by atoms with Crippen LogP contribution < -0.4 is 14.8 Å². The summed E-state index contributed by atoms with van der Waals surface area (Å²) in [5, 5.41) is 3.59. The Kier molecular flexibility index (Phi) is 9.37. The monoisotopic (exact) mass is 528 g/mol. The number of carbonyl (C=O) groups excluding carboxylic acids is 2. The first-order valence-corrected chi connectivity index (χ1v) is 12.6. The van der Waals surface area contributed by atoms with Crippen LogP contribution in [0.4, 0.5) is 0 Å². The first-order valence-electron chi connectivity index (χ1n) is 12.2. The zero-order valence-electron chi connectivity index (χ0n) is 21.0. The Morgan fingerprint density at radius 1 is 0.842 bits per heavy atom. The zero-order chi connectivity index (χ0) is 26.7. The van der Waals surface area contributed by atoms with Gasteiger partial charge >= 0.3 is 0 Å². The number of hydrogen-bond acceptors (Lipinski definition) is 4. The number of benzene rings is 4. The van der Waals surface area contributed by atoms with Crippen molar-refractivity contribution < 1.29 is 19.1 Å². The Balaban J connectivity index is 1.63. The highest BCUT2D eigenvalue weighted by Crippen LogP contribution is 2.26. The fourth-order valence-electron chi connectivity index (χ4n) is 4.09. The van der Waals surface area contributed by atoms with Gasteiger partial charge in [0.1, 0.15) is 17.5 Å². The molecule has 4 rings (SSSR count). The molecule has 0 aliphatic heterocycles. The van der Waals surface area contributed by atoms with Crippen LogP contribution in [0.5, 0.6) is 11.5 Å². The molecule has 4 aromatic carbocycles. The van der Waals surface area contributed by atoms with Crippen LogP contribution >= 0.6 is 11.6 Å². The van der Waals surface area contributed by atoms with Gasteiger partial charge in [-0.15, -0.1) is 0 Å². The van der Waals surface area contributed by atoms with Gasteiger partial charge in [-0.2, -0.15) is 0 Å². The average Bonchev–Trinajstić information content (AvgIpc) is 2.96. The van der Waals surface area contributed by atoms with Crippen molar-refractivity contribution in [3.05, 3.63) is 131 Å². The molecule has 4 aromatic rings. The highest BCUT2D eigenvalue weighted by Gasteiger charge is 2.32. The summed E-state index contributed by atoms with van der Waals surface area (Å²) in [4.78, 5) is 29.0. The van der Waals surface area contributed by atoms with Gasteiger partial charge in [0.15, 0.2) is 6.61 Å². The number of rotatable bonds is 11. The first kappa shape index (κ1) is 26.8. The number of hydrogen-bond donors (Lipinski definition) is 1. The fourth-order valence-corrected chi connectivity index (χ4v) is 4.22. The third kappa shape index (κ3) is 7.14. The number of nitrogens with zero attached hydrogens (tertiary/aromatic N) is 1. The van der Waals surface area contributed by atoms with Gasteiger partial charge in [-0.3, -0.25) is 9.59 Å². The molecule has 0 aliphatic carbocycles. The molecule has 0 saturated heterocycles. The van der Waals surface area contributed by atoms with Crippen molar-refractivity contribution in [1.82, 2.24) is 10.2 Å². The van der Waals surface area contributed by atoms with Crippen molar-refractivity contribution in [3.63, 3.8) is 0 Å². The largest absolute Gasteiger partial charge is 0.496 e. The number of carbonyl (C=O) groups is 2. The van der Waals surface area contributed by atoms with E-state index in [1.165, 1.54) is 0 Å². The van der Waals surface area contributed by atoms with Gasteiger partial charge in [0.05, 0.1) is 7.11 Å². The van der Waals surface area contributed by atoms with E-state index >= 15 is 0 Å². The third-order valence-electron chi connectivity index (χ3n) is 6.01. The average molecular weight is 529 g/mol. The summed E-state index contributed by atoms with van der Waals surface area (Å²) in [5.74, 6) is 0.604. The lowest BCUT2D eigenvalue weighted by atomic mass is 10.0. The Morgan fingerprint density at radius 2 is 1.47 bits per heavy atom. The SMILES string of the molecule is COc1ccccc1CNC(=O)C(c1ccccc1)N(Cc1ccc(Cl)cc1)C(=O)COc1ccccc1. The van der Waals surface area contributed by atoms with Crippen LogP contribution in [-0.2, 0) is 22.7 Å². The van der Waals surface area contributed by atoms with Crippen LogP contribution in [0.2, 0.25) is 5.02 Å². The molecule has 0 heterocycles. The molecular weight excluding hydrogens is 500 g/mol. The molecule has 1 N–H and O–H groups in total. The van der Waals surface area contributed by atoms with Gasteiger partial charge in [-0.25, -0.2) is 0 Å². The molecule has 0 spiro atoms. The van der Waals surface area contributed by atoms with Crippen LogP contribution in [0, 0.1) is 0 Å². The summed E-state index contributed by atoms with van der Waals surface area (Å²) in [6.07, 6.45) is 0. The Morgan fingerprint density at radius 3 is 2.16 bits per heavy atom. The quantitative estimate of drug-likeness (QED) is 0.266. The number of nitrogens with one attached hydrogen (secondary N) is 1. The second-order valence-corrected chi connectivity index (χ2v) is 9.03. The van der Waals surface area contributed by atoms with Gasteiger partial charge in [0.25, 0.3) is 5.91 Å². The lowest BCUT2D eigenvalue weighted by molar-refractivity contribution is -0.143. The number of methoxy groups -OCH3 is 1. The zero-order valence-corrected chi connectivity index (χ0v) is 21.8. The molecule has 7 heteroatoms. The van der Waals surface area contributed by atoms with Gasteiger partial charge in [0.2, 0.25) is 5.91 Å². The lowest BCUT2D eigenvalue weighted by Gasteiger charge is -2.31. The third-order valence-corrected chi connectivity index (χ3v) is 6.26. The molecule has 0 aromatic heterocycles. The van der Waals surface area contributed by atoms with E-state index in [-0.39, 0.29) is 31.5 Å². The standard InChI is InChI=1S/C31H29ClN2O4/c1-37-28-15-9-8-12-25(28)20-33-31(36)30(24-10-4-2-5-11-24)34(21-23-16-18-26(32)19-17-23)29(35)22-38-27-13-6-3-7-14-27/h2-19,30H,20-22H2,1H3,(H,33,36). The van der Waals surface area contributed by atoms with Crippen molar-refractivity contribution >= 4 is 23.4 Å². The smallest absolute Gasteiger partial charge is 0.261 e. The second-order valence-electron chi connectivity index (χ2n) is 8.59. The molecule has 0 fully saturated rings. The first-order chi connectivity index (χ1) is 18.5. The summed E-state index contributed by atoms with van der Waals surface area (Å²) in [6.45, 7) is 0.214. The van der Waals surface area contributed by atoms with E-state index in [0.29, 0.717) is 22.1 Å². The minimum absolute atomic E-state index is 0.190. The van der Waals surface area contributed by atoms with E-state index in [0.717, 1.165) is 11.1 Å². The maximum atomic E-state index is 13.8. The predicted octanol–water partition coefficient (Wildman–Crippen LogP) is 5.81. The molecule has 0 aliphatic rings. The summed E-state index contributed by atoms with van der Waals surface area (Å²) < 4.78 is 11.2. The topological polar surface area (TPSA) is 67.9 Å². The van der Waals surface area contributed by atoms with Crippen molar-refractivity contribution in [3.8, 4) is 11.5 Å². The van der Waals surface area contributed by atoms with Crippen molar-refractivity contribution in [1.29, 1.82) is 0 Å². The van der Waals surface area contributed by atoms with Gasteiger partial charge in [-0.1, -0.05) is 90.5 Å². The van der Waals surface area contributed by atoms with E-state index in [2.05, 4.69) is 5.32 Å². The van der Waals surface area contributed by atoms with Crippen LogP contribution in [-0.4, -0.2) is 30.4 Å². The fraction of sp³-hybridized carbons (Fsp3) is 0.161. The molecule has 2 amide bonds. The normalized spacial score (nSPS) is 11.3. The molecule has 1 atom stereocenters. The summed E-state index contributed by atoms with van der Waals surface area (Å²) in [6, 6.07) is 32.2. The van der Waals surface area contributed by atoms with Crippen molar-refractivity contribution in [2.24, 2.45) is 0 Å². The Hall–Kier alpha value is -4.29. The summed E-state index contributed by atoms with van der Waals surface area (Å²) in [5.41, 5.74) is 2.35. The van der Waals surface area contributed by atoms with Crippen LogP contribution in [0.25, 0.3) is 0 Å². The predicted molar refractivity (Wildman–Crippen MR) is 148 cm³/mol. The molecule has 1 unspecified atom stereocenters. The molecular formula is C31H29ClN2O4. The minimum Gasteiger partial charge on any atom is -0.496 e. The minimum atomic E-state index is -0.895. The van der Waals surface area contributed by atoms with E-state index in [1.54, 1.807) is 36.3 Å². The molecule has 6 nitrogen and oxygen atoms in total. The number of amides is 2. The second kappa shape index (κ2) is 13.3. The Labute approximate surface area is 227 Å².